The van der Waals surface area contributed by atoms with E-state index in [0.29, 0.717) is 5.69 Å². The van der Waals surface area contributed by atoms with Crippen LogP contribution in [0.3, 0.4) is 0 Å². The minimum Gasteiger partial charge on any atom is -0.497 e. The van der Waals surface area contributed by atoms with E-state index in [2.05, 4.69) is 27.1 Å². The molecule has 0 unspecified atom stereocenters. The van der Waals surface area contributed by atoms with E-state index in [1.807, 2.05) is 42.0 Å². The molecule has 0 spiro atoms. The lowest BCUT2D eigenvalue weighted by molar-refractivity contribution is 0.415. The van der Waals surface area contributed by atoms with Gasteiger partial charge in [-0.05, 0) is 49.6 Å². The van der Waals surface area contributed by atoms with Crippen LogP contribution in [0.15, 0.2) is 55.2 Å². The minimum absolute atomic E-state index is 0.686. The number of benzene rings is 2. The molecule has 0 saturated carbocycles. The van der Waals surface area contributed by atoms with Crippen LogP contribution in [0, 0.1) is 6.92 Å². The molecule has 2 aromatic carbocycles. The lowest BCUT2D eigenvalue weighted by atomic mass is 9.86. The third kappa shape index (κ3) is 2.84. The van der Waals surface area contributed by atoms with Gasteiger partial charge in [0.05, 0.1) is 36.2 Å². The number of aryl methyl sites for hydroxylation is 2. The summed E-state index contributed by atoms with van der Waals surface area (Å²) in [5, 5.41) is 0. The highest BCUT2D eigenvalue weighted by atomic mass is 16.5. The predicted octanol–water partition coefficient (Wildman–Crippen LogP) is 3.99. The topological polar surface area (TPSA) is 78.9 Å². The smallest absolute Gasteiger partial charge is 0.119 e. The van der Waals surface area contributed by atoms with E-state index >= 15 is 0 Å². The van der Waals surface area contributed by atoms with Crippen molar-refractivity contribution in [1.82, 2.24) is 19.5 Å². The van der Waals surface area contributed by atoms with Gasteiger partial charge < -0.3 is 15.0 Å². The molecular formula is C23H21N5O. The van der Waals surface area contributed by atoms with Crippen molar-refractivity contribution in [2.75, 3.05) is 12.8 Å². The molecule has 6 heteroatoms. The lowest BCUT2D eigenvalue weighted by Crippen LogP contribution is -2.10. The molecule has 2 heterocycles. The number of nitrogens with zero attached hydrogens (tertiary/aromatic N) is 4. The first-order chi connectivity index (χ1) is 14.2. The van der Waals surface area contributed by atoms with Gasteiger partial charge in [0.25, 0.3) is 0 Å². The van der Waals surface area contributed by atoms with E-state index in [0.717, 1.165) is 58.1 Å². The van der Waals surface area contributed by atoms with Crippen molar-refractivity contribution in [3.63, 3.8) is 0 Å². The van der Waals surface area contributed by atoms with Crippen molar-refractivity contribution in [3.8, 4) is 34.0 Å². The highest BCUT2D eigenvalue weighted by Crippen LogP contribution is 2.41. The highest BCUT2D eigenvalue weighted by molar-refractivity contribution is 5.87. The summed E-state index contributed by atoms with van der Waals surface area (Å²) in [7, 11) is 1.68. The van der Waals surface area contributed by atoms with Gasteiger partial charge >= 0.3 is 0 Å². The fraction of sp³-hybridized carbons (Fsp3) is 0.174. The summed E-state index contributed by atoms with van der Waals surface area (Å²) in [4.78, 5) is 13.7. The molecule has 2 aromatic heterocycles. The Labute approximate surface area is 169 Å². The van der Waals surface area contributed by atoms with E-state index in [1.54, 1.807) is 19.8 Å². The molecule has 0 atom stereocenters. The van der Waals surface area contributed by atoms with Gasteiger partial charge in [0, 0.05) is 28.6 Å². The van der Waals surface area contributed by atoms with Crippen LogP contribution in [0.2, 0.25) is 0 Å². The molecule has 1 aliphatic carbocycles. The maximum atomic E-state index is 6.46. The third-order valence-corrected chi connectivity index (χ3v) is 5.46. The van der Waals surface area contributed by atoms with Gasteiger partial charge in [0.1, 0.15) is 12.1 Å². The maximum absolute atomic E-state index is 6.46. The minimum atomic E-state index is 0.686. The highest BCUT2D eigenvalue weighted by Gasteiger charge is 2.24. The van der Waals surface area contributed by atoms with Crippen molar-refractivity contribution in [1.29, 1.82) is 0 Å². The van der Waals surface area contributed by atoms with E-state index < -0.39 is 0 Å². The number of nitrogens with two attached hydrogens (primary N) is 1. The number of rotatable bonds is 3. The molecule has 1 aliphatic rings. The molecule has 4 aromatic rings. The van der Waals surface area contributed by atoms with Crippen molar-refractivity contribution in [3.05, 3.63) is 72.1 Å². The molecule has 0 saturated heterocycles. The van der Waals surface area contributed by atoms with Gasteiger partial charge in [0.2, 0.25) is 0 Å². The molecule has 144 valence electrons. The molecule has 29 heavy (non-hydrogen) atoms. The Morgan fingerprint density at radius 1 is 1.03 bits per heavy atom. The Kier molecular flexibility index (Phi) is 4.05. The number of ether oxygens (including phenoxy) is 1. The van der Waals surface area contributed by atoms with Gasteiger partial charge in [-0.25, -0.2) is 15.0 Å². The third-order valence-electron chi connectivity index (χ3n) is 5.46. The number of nitrogen functional groups attached to an aromatic ring is 1. The predicted molar refractivity (Wildman–Crippen MR) is 113 cm³/mol. The van der Waals surface area contributed by atoms with Crippen molar-refractivity contribution in [2.45, 2.75) is 19.8 Å². The van der Waals surface area contributed by atoms with E-state index in [-0.39, 0.29) is 0 Å². The Morgan fingerprint density at radius 2 is 1.90 bits per heavy atom. The number of fused-ring (bicyclic) bond motifs is 3. The summed E-state index contributed by atoms with van der Waals surface area (Å²) in [6, 6.07) is 12.1. The van der Waals surface area contributed by atoms with Crippen LogP contribution in [-0.2, 0) is 12.8 Å². The average Bonchev–Trinajstić information content (AvgIpc) is 3.19. The Bertz CT molecular complexity index is 1230. The quantitative estimate of drug-likeness (QED) is 0.541. The van der Waals surface area contributed by atoms with Gasteiger partial charge in [-0.15, -0.1) is 0 Å². The first-order valence-electron chi connectivity index (χ1n) is 9.56. The zero-order valence-electron chi connectivity index (χ0n) is 16.4. The summed E-state index contributed by atoms with van der Waals surface area (Å²) >= 11 is 0. The van der Waals surface area contributed by atoms with E-state index in [1.165, 1.54) is 5.56 Å². The molecule has 5 rings (SSSR count). The van der Waals surface area contributed by atoms with Crippen LogP contribution < -0.4 is 10.5 Å². The normalized spacial score (nSPS) is 12.3. The zero-order chi connectivity index (χ0) is 20.0. The number of hydrogen-bond donors (Lipinski definition) is 1. The molecular weight excluding hydrogens is 362 g/mol. The van der Waals surface area contributed by atoms with Crippen LogP contribution in [0.5, 0.6) is 5.75 Å². The molecule has 0 fully saturated rings. The van der Waals surface area contributed by atoms with E-state index in [9.17, 15) is 0 Å². The first kappa shape index (κ1) is 17.4. The average molecular weight is 383 g/mol. The standard InChI is InChI=1S/C23H21N5O/c1-14-11-28(13-27-14)20-5-3-4-19(24)21(20)23-17-9-7-15-6-8-16(29-2)10-18(15)22(17)25-12-26-23/h3-6,8,10-13H,7,9,24H2,1-2H3. The number of aromatic nitrogens is 4. The summed E-state index contributed by atoms with van der Waals surface area (Å²) in [5.74, 6) is 0.825. The van der Waals surface area contributed by atoms with Crippen LogP contribution in [0.25, 0.3) is 28.2 Å². The largest absolute Gasteiger partial charge is 0.497 e. The van der Waals surface area contributed by atoms with Gasteiger partial charge in [-0.1, -0.05) is 12.1 Å². The molecule has 0 aliphatic heterocycles. The fourth-order valence-corrected chi connectivity index (χ4v) is 4.06. The second-order valence-electron chi connectivity index (χ2n) is 7.24. The van der Waals surface area contributed by atoms with Crippen LogP contribution in [0.4, 0.5) is 5.69 Å². The van der Waals surface area contributed by atoms with Gasteiger partial charge in [0.15, 0.2) is 0 Å². The molecule has 6 nitrogen and oxygen atoms in total. The maximum Gasteiger partial charge on any atom is 0.119 e. The number of anilines is 1. The summed E-state index contributed by atoms with van der Waals surface area (Å²) in [5.41, 5.74) is 15.3. The molecule has 0 bridgehead atoms. The first-order valence-corrected chi connectivity index (χ1v) is 9.56. The van der Waals surface area contributed by atoms with Crippen LogP contribution >= 0.6 is 0 Å². The van der Waals surface area contributed by atoms with Gasteiger partial charge in [-0.2, -0.15) is 0 Å². The Hall–Kier alpha value is -3.67. The number of methoxy groups -OCH3 is 1. The second-order valence-corrected chi connectivity index (χ2v) is 7.24. The number of hydrogen-bond acceptors (Lipinski definition) is 5. The monoisotopic (exact) mass is 383 g/mol. The lowest BCUT2D eigenvalue weighted by Gasteiger charge is -2.23. The molecule has 2 N–H and O–H groups in total. The van der Waals surface area contributed by atoms with Crippen molar-refractivity contribution in [2.24, 2.45) is 0 Å². The summed E-state index contributed by atoms with van der Waals surface area (Å²) in [6.45, 7) is 1.97. The van der Waals surface area contributed by atoms with Crippen LogP contribution in [-0.4, -0.2) is 26.6 Å². The zero-order valence-corrected chi connectivity index (χ0v) is 16.4. The second kappa shape index (κ2) is 6.74. The van der Waals surface area contributed by atoms with E-state index in [4.69, 9.17) is 10.5 Å². The summed E-state index contributed by atoms with van der Waals surface area (Å²) in [6.07, 6.45) is 7.21. The van der Waals surface area contributed by atoms with Crippen molar-refractivity contribution >= 4 is 5.69 Å². The Morgan fingerprint density at radius 3 is 2.69 bits per heavy atom. The fourth-order valence-electron chi connectivity index (χ4n) is 4.06. The van der Waals surface area contributed by atoms with Crippen molar-refractivity contribution < 1.29 is 4.74 Å². The summed E-state index contributed by atoms with van der Waals surface area (Å²) < 4.78 is 7.43. The molecule has 0 radical (unpaired) electrons. The van der Waals surface area contributed by atoms with Gasteiger partial charge in [-0.3, -0.25) is 0 Å². The Balaban J connectivity index is 1.75. The number of imidazole rings is 1. The SMILES string of the molecule is COc1ccc2c(c1)-c1ncnc(-c3c(N)cccc3-n3cnc(C)c3)c1CC2. The van der Waals surface area contributed by atoms with Crippen LogP contribution in [0.1, 0.15) is 16.8 Å². The molecule has 0 amide bonds.